The highest BCUT2D eigenvalue weighted by atomic mass is 16.5. The van der Waals surface area contributed by atoms with E-state index in [4.69, 9.17) is 4.74 Å². The number of ether oxygens (including phenoxy) is 1. The van der Waals surface area contributed by atoms with Crippen molar-refractivity contribution in [3.05, 3.63) is 29.8 Å². The minimum absolute atomic E-state index is 0.0966. The van der Waals surface area contributed by atoms with Crippen LogP contribution in [0.2, 0.25) is 0 Å². The molecule has 0 saturated carbocycles. The second-order valence-corrected chi connectivity index (χ2v) is 3.82. The van der Waals surface area contributed by atoms with Gasteiger partial charge in [0.2, 0.25) is 5.91 Å². The Hall–Kier alpha value is -1.39. The predicted octanol–water partition coefficient (Wildman–Crippen LogP) is 1.56. The largest absolute Gasteiger partial charge is 0.370 e. The zero-order valence-corrected chi connectivity index (χ0v) is 10.5. The molecule has 0 aliphatic carbocycles. The van der Waals surface area contributed by atoms with Crippen LogP contribution in [0.1, 0.15) is 12.5 Å². The van der Waals surface area contributed by atoms with Crippen LogP contribution >= 0.6 is 0 Å². The molecule has 94 valence electrons. The number of carbonyl (C=O) groups excluding carboxylic acids is 1. The van der Waals surface area contributed by atoms with Crippen molar-refractivity contribution in [2.24, 2.45) is 0 Å². The third kappa shape index (κ3) is 6.04. The number of amides is 1. The molecule has 0 atom stereocenters. The molecule has 0 bridgehead atoms. The smallest absolute Gasteiger partial charge is 0.250 e. The van der Waals surface area contributed by atoms with Gasteiger partial charge in [0.1, 0.15) is 6.61 Å². The summed E-state index contributed by atoms with van der Waals surface area (Å²) >= 11 is 0. The molecular weight excluding hydrogens is 216 g/mol. The summed E-state index contributed by atoms with van der Waals surface area (Å²) in [6, 6.07) is 7.69. The van der Waals surface area contributed by atoms with Gasteiger partial charge in [-0.1, -0.05) is 19.1 Å². The van der Waals surface area contributed by atoms with Gasteiger partial charge in [-0.05, 0) is 31.2 Å². The summed E-state index contributed by atoms with van der Waals surface area (Å²) in [5.41, 5.74) is 1.93. The molecule has 0 spiro atoms. The van der Waals surface area contributed by atoms with Crippen LogP contribution in [0, 0.1) is 6.92 Å². The Morgan fingerprint density at radius 1 is 1.41 bits per heavy atom. The first kappa shape index (κ1) is 13.7. The molecule has 0 fully saturated rings. The van der Waals surface area contributed by atoms with Gasteiger partial charge in [0.05, 0.1) is 6.61 Å². The molecular formula is C13H20N2O2. The highest BCUT2D eigenvalue weighted by molar-refractivity contribution is 5.91. The van der Waals surface area contributed by atoms with E-state index in [1.54, 1.807) is 0 Å². The number of likely N-dealkylation sites (N-methyl/N-ethyl adjacent to an activating group) is 1. The summed E-state index contributed by atoms with van der Waals surface area (Å²) in [6.45, 7) is 6.36. The molecule has 0 aliphatic heterocycles. The van der Waals surface area contributed by atoms with Crippen molar-refractivity contribution in [1.29, 1.82) is 0 Å². The van der Waals surface area contributed by atoms with E-state index in [2.05, 4.69) is 10.6 Å². The van der Waals surface area contributed by atoms with Crippen molar-refractivity contribution in [2.45, 2.75) is 13.8 Å². The van der Waals surface area contributed by atoms with Crippen molar-refractivity contribution in [1.82, 2.24) is 5.32 Å². The molecule has 1 aromatic carbocycles. The van der Waals surface area contributed by atoms with Crippen LogP contribution in [0.25, 0.3) is 0 Å². The number of carbonyl (C=O) groups is 1. The molecule has 0 aromatic heterocycles. The van der Waals surface area contributed by atoms with E-state index in [-0.39, 0.29) is 12.5 Å². The van der Waals surface area contributed by atoms with Crippen molar-refractivity contribution in [3.63, 3.8) is 0 Å². The highest BCUT2D eigenvalue weighted by Crippen LogP contribution is 2.08. The minimum atomic E-state index is -0.118. The maximum Gasteiger partial charge on any atom is 0.250 e. The molecule has 2 N–H and O–H groups in total. The van der Waals surface area contributed by atoms with Crippen molar-refractivity contribution in [2.75, 3.05) is 31.6 Å². The van der Waals surface area contributed by atoms with Crippen LogP contribution in [0.15, 0.2) is 24.3 Å². The Labute approximate surface area is 102 Å². The summed E-state index contributed by atoms with van der Waals surface area (Å²) in [6.07, 6.45) is 0. The first-order valence-electron chi connectivity index (χ1n) is 5.87. The number of hydrogen-bond donors (Lipinski definition) is 2. The zero-order valence-electron chi connectivity index (χ0n) is 10.5. The molecule has 1 amide bonds. The number of anilines is 1. The zero-order chi connectivity index (χ0) is 12.5. The third-order valence-corrected chi connectivity index (χ3v) is 2.21. The van der Waals surface area contributed by atoms with Crippen LogP contribution in [0.5, 0.6) is 0 Å². The Morgan fingerprint density at radius 2 is 2.24 bits per heavy atom. The Balaban J connectivity index is 2.21. The van der Waals surface area contributed by atoms with Crippen LogP contribution in [0.3, 0.4) is 0 Å². The molecule has 0 saturated heterocycles. The number of hydrogen-bond acceptors (Lipinski definition) is 3. The fourth-order valence-corrected chi connectivity index (χ4v) is 1.41. The molecule has 0 unspecified atom stereocenters. The number of rotatable bonds is 7. The van der Waals surface area contributed by atoms with Gasteiger partial charge in [0.15, 0.2) is 0 Å². The lowest BCUT2D eigenvalue weighted by Crippen LogP contribution is -2.23. The molecule has 4 heteroatoms. The normalized spacial score (nSPS) is 10.2. The van der Waals surface area contributed by atoms with E-state index in [9.17, 15) is 4.79 Å². The van der Waals surface area contributed by atoms with E-state index in [1.807, 2.05) is 38.1 Å². The first-order chi connectivity index (χ1) is 8.22. The van der Waals surface area contributed by atoms with E-state index in [0.717, 1.165) is 24.3 Å². The Morgan fingerprint density at radius 3 is 2.94 bits per heavy atom. The van der Waals surface area contributed by atoms with Gasteiger partial charge in [-0.3, -0.25) is 4.79 Å². The molecule has 17 heavy (non-hydrogen) atoms. The number of aryl methyl sites for hydroxylation is 1. The van der Waals surface area contributed by atoms with Crippen LogP contribution in [-0.4, -0.2) is 32.2 Å². The van der Waals surface area contributed by atoms with Crippen molar-refractivity contribution >= 4 is 11.6 Å². The summed E-state index contributed by atoms with van der Waals surface area (Å²) in [7, 11) is 0. The maximum absolute atomic E-state index is 11.5. The van der Waals surface area contributed by atoms with E-state index in [0.29, 0.717) is 6.61 Å². The molecule has 1 aromatic rings. The van der Waals surface area contributed by atoms with Gasteiger partial charge >= 0.3 is 0 Å². The summed E-state index contributed by atoms with van der Waals surface area (Å²) in [4.78, 5) is 11.5. The molecule has 0 aliphatic rings. The molecule has 4 nitrogen and oxygen atoms in total. The van der Waals surface area contributed by atoms with E-state index < -0.39 is 0 Å². The van der Waals surface area contributed by atoms with Gasteiger partial charge < -0.3 is 15.4 Å². The minimum Gasteiger partial charge on any atom is -0.370 e. The Kier molecular flexibility index (Phi) is 6.29. The van der Waals surface area contributed by atoms with Gasteiger partial charge in [0, 0.05) is 12.2 Å². The van der Waals surface area contributed by atoms with Crippen LogP contribution in [0.4, 0.5) is 5.69 Å². The second-order valence-electron chi connectivity index (χ2n) is 3.82. The van der Waals surface area contributed by atoms with Crippen LogP contribution < -0.4 is 10.6 Å². The molecule has 0 heterocycles. The number of benzene rings is 1. The highest BCUT2D eigenvalue weighted by Gasteiger charge is 2.01. The summed E-state index contributed by atoms with van der Waals surface area (Å²) < 4.78 is 5.23. The lowest BCUT2D eigenvalue weighted by molar-refractivity contribution is -0.120. The fourth-order valence-electron chi connectivity index (χ4n) is 1.41. The van der Waals surface area contributed by atoms with Gasteiger partial charge in [-0.25, -0.2) is 0 Å². The van der Waals surface area contributed by atoms with E-state index >= 15 is 0 Å². The van der Waals surface area contributed by atoms with Gasteiger partial charge in [0.25, 0.3) is 0 Å². The fraction of sp³-hybridized carbons (Fsp3) is 0.462. The monoisotopic (exact) mass is 236 g/mol. The van der Waals surface area contributed by atoms with Gasteiger partial charge in [-0.2, -0.15) is 0 Å². The summed E-state index contributed by atoms with van der Waals surface area (Å²) in [5, 5.41) is 5.91. The standard InChI is InChI=1S/C13H20N2O2/c1-3-14-7-8-17-10-13(16)15-12-6-4-5-11(2)9-12/h4-6,9,14H,3,7-8,10H2,1-2H3,(H,15,16). The number of nitrogens with one attached hydrogen (secondary N) is 2. The van der Waals surface area contributed by atoms with Crippen LogP contribution in [-0.2, 0) is 9.53 Å². The molecule has 1 rings (SSSR count). The molecule has 0 radical (unpaired) electrons. The maximum atomic E-state index is 11.5. The third-order valence-electron chi connectivity index (χ3n) is 2.21. The average Bonchev–Trinajstić information content (AvgIpc) is 2.29. The second kappa shape index (κ2) is 7.81. The van der Waals surface area contributed by atoms with E-state index in [1.165, 1.54) is 0 Å². The summed E-state index contributed by atoms with van der Waals surface area (Å²) in [5.74, 6) is -0.118. The van der Waals surface area contributed by atoms with Crippen molar-refractivity contribution in [3.8, 4) is 0 Å². The SMILES string of the molecule is CCNCCOCC(=O)Nc1cccc(C)c1. The van der Waals surface area contributed by atoms with Crippen molar-refractivity contribution < 1.29 is 9.53 Å². The topological polar surface area (TPSA) is 50.4 Å². The quantitative estimate of drug-likeness (QED) is 0.706. The lowest BCUT2D eigenvalue weighted by atomic mass is 10.2. The lowest BCUT2D eigenvalue weighted by Gasteiger charge is -2.07. The van der Waals surface area contributed by atoms with Gasteiger partial charge in [-0.15, -0.1) is 0 Å². The Bertz CT molecular complexity index is 353. The average molecular weight is 236 g/mol. The first-order valence-corrected chi connectivity index (χ1v) is 5.87. The predicted molar refractivity (Wildman–Crippen MR) is 69.2 cm³/mol.